The number of nitrogens with one attached hydrogen (secondary N) is 1. The van der Waals surface area contributed by atoms with Gasteiger partial charge in [0.25, 0.3) is 15.9 Å². The van der Waals surface area contributed by atoms with Gasteiger partial charge in [-0.1, -0.05) is 6.07 Å². The lowest BCUT2D eigenvalue weighted by Crippen LogP contribution is -2.37. The van der Waals surface area contributed by atoms with Gasteiger partial charge in [0.05, 0.1) is 4.90 Å². The number of hydrogen-bond acceptors (Lipinski definition) is 4. The molecule has 0 radical (unpaired) electrons. The standard InChI is InChI=1S/C22H28N2O4S/c1-14-11-15(2)17(4)22(16(14)3)29(26,27)23-19-8-9-20-18(12-19)7-6-10-24(20)21(25)13-28-5/h8-9,11-12,23H,6-7,10,13H2,1-5H3. The van der Waals surface area contributed by atoms with E-state index in [4.69, 9.17) is 4.74 Å². The number of carbonyl (C=O) groups is 1. The first-order chi connectivity index (χ1) is 13.7. The van der Waals surface area contributed by atoms with Crippen molar-refractivity contribution >= 4 is 27.3 Å². The molecule has 1 heterocycles. The Kier molecular flexibility index (Phi) is 6.00. The lowest BCUT2D eigenvalue weighted by Gasteiger charge is -2.29. The minimum absolute atomic E-state index is 0.0269. The fraction of sp³-hybridized carbons (Fsp3) is 0.409. The lowest BCUT2D eigenvalue weighted by atomic mass is 10.0. The van der Waals surface area contributed by atoms with Crippen molar-refractivity contribution in [3.63, 3.8) is 0 Å². The van der Waals surface area contributed by atoms with Crippen LogP contribution in [0.2, 0.25) is 0 Å². The van der Waals surface area contributed by atoms with Crippen molar-refractivity contribution in [1.29, 1.82) is 0 Å². The molecule has 0 bridgehead atoms. The van der Waals surface area contributed by atoms with Gasteiger partial charge in [-0.15, -0.1) is 0 Å². The quantitative estimate of drug-likeness (QED) is 0.807. The van der Waals surface area contributed by atoms with E-state index in [-0.39, 0.29) is 12.5 Å². The highest BCUT2D eigenvalue weighted by molar-refractivity contribution is 7.92. The first-order valence-corrected chi connectivity index (χ1v) is 11.2. The third-order valence-corrected chi connectivity index (χ3v) is 7.24. The SMILES string of the molecule is COCC(=O)N1CCCc2cc(NS(=O)(=O)c3c(C)c(C)cc(C)c3C)ccc21. The molecule has 1 N–H and O–H groups in total. The third kappa shape index (κ3) is 4.16. The largest absolute Gasteiger partial charge is 0.375 e. The van der Waals surface area contributed by atoms with E-state index in [1.165, 1.54) is 7.11 Å². The highest BCUT2D eigenvalue weighted by Crippen LogP contribution is 2.32. The zero-order valence-corrected chi connectivity index (χ0v) is 18.4. The topological polar surface area (TPSA) is 75.7 Å². The van der Waals surface area contributed by atoms with E-state index < -0.39 is 10.0 Å². The summed E-state index contributed by atoms with van der Waals surface area (Å²) in [5, 5.41) is 0. The number of benzene rings is 2. The first-order valence-electron chi connectivity index (χ1n) is 9.68. The summed E-state index contributed by atoms with van der Waals surface area (Å²) in [6.07, 6.45) is 1.62. The van der Waals surface area contributed by atoms with Gasteiger partial charge in [-0.2, -0.15) is 0 Å². The Labute approximate surface area is 172 Å². The van der Waals surface area contributed by atoms with E-state index in [1.54, 1.807) is 17.0 Å². The monoisotopic (exact) mass is 416 g/mol. The van der Waals surface area contributed by atoms with E-state index in [2.05, 4.69) is 4.72 Å². The van der Waals surface area contributed by atoms with Crippen LogP contribution in [0.25, 0.3) is 0 Å². The van der Waals surface area contributed by atoms with Crippen LogP contribution >= 0.6 is 0 Å². The van der Waals surface area contributed by atoms with E-state index in [1.807, 2.05) is 39.8 Å². The van der Waals surface area contributed by atoms with Gasteiger partial charge in [-0.25, -0.2) is 8.42 Å². The predicted octanol–water partition coefficient (Wildman–Crippen LogP) is 3.65. The molecular formula is C22H28N2O4S. The number of hydrogen-bond donors (Lipinski definition) is 1. The molecule has 1 amide bonds. The molecule has 1 aliphatic rings. The second-order valence-electron chi connectivity index (χ2n) is 7.62. The Bertz CT molecular complexity index is 1030. The average Bonchev–Trinajstić information content (AvgIpc) is 2.65. The number of rotatable bonds is 5. The maximum Gasteiger partial charge on any atom is 0.262 e. The molecule has 1 aliphatic heterocycles. The Morgan fingerprint density at radius 2 is 1.76 bits per heavy atom. The molecule has 0 saturated heterocycles. The Hall–Kier alpha value is -2.38. The molecule has 2 aromatic carbocycles. The number of ether oxygens (including phenoxy) is 1. The highest BCUT2D eigenvalue weighted by atomic mass is 32.2. The number of fused-ring (bicyclic) bond motifs is 1. The Morgan fingerprint density at radius 1 is 1.10 bits per heavy atom. The summed E-state index contributed by atoms with van der Waals surface area (Å²) in [5.74, 6) is -0.0942. The van der Waals surface area contributed by atoms with Gasteiger partial charge < -0.3 is 9.64 Å². The first kappa shape index (κ1) is 21.3. The normalized spacial score (nSPS) is 13.9. The fourth-order valence-corrected chi connectivity index (χ4v) is 5.58. The molecule has 3 rings (SSSR count). The van der Waals surface area contributed by atoms with Gasteiger partial charge in [0.15, 0.2) is 0 Å². The number of methoxy groups -OCH3 is 1. The van der Waals surface area contributed by atoms with Crippen molar-refractivity contribution in [3.05, 3.63) is 52.1 Å². The van der Waals surface area contributed by atoms with Crippen LogP contribution in [0.15, 0.2) is 29.2 Å². The molecule has 29 heavy (non-hydrogen) atoms. The highest BCUT2D eigenvalue weighted by Gasteiger charge is 2.25. The number of carbonyl (C=O) groups excluding carboxylic acids is 1. The van der Waals surface area contributed by atoms with Crippen LogP contribution in [-0.2, 0) is 26.0 Å². The summed E-state index contributed by atoms with van der Waals surface area (Å²) in [5.41, 5.74) is 5.69. The van der Waals surface area contributed by atoms with Crippen LogP contribution in [0.3, 0.4) is 0 Å². The van der Waals surface area contributed by atoms with E-state index in [9.17, 15) is 13.2 Å². The van der Waals surface area contributed by atoms with Gasteiger partial charge in [0.1, 0.15) is 6.61 Å². The summed E-state index contributed by atoms with van der Waals surface area (Å²) in [6, 6.07) is 7.35. The molecule has 0 aliphatic carbocycles. The summed E-state index contributed by atoms with van der Waals surface area (Å²) in [7, 11) is -2.24. The molecule has 7 heteroatoms. The lowest BCUT2D eigenvalue weighted by molar-refractivity contribution is -0.122. The maximum atomic E-state index is 13.2. The van der Waals surface area contributed by atoms with Crippen molar-refractivity contribution in [2.75, 3.05) is 29.9 Å². The maximum absolute atomic E-state index is 13.2. The zero-order chi connectivity index (χ0) is 21.3. The molecular weight excluding hydrogens is 388 g/mol. The number of nitrogens with zero attached hydrogens (tertiary/aromatic N) is 1. The molecule has 0 spiro atoms. The summed E-state index contributed by atoms with van der Waals surface area (Å²) in [6.45, 7) is 8.18. The molecule has 156 valence electrons. The van der Waals surface area contributed by atoms with Crippen LogP contribution in [-0.4, -0.2) is 34.6 Å². The zero-order valence-electron chi connectivity index (χ0n) is 17.6. The second-order valence-corrected chi connectivity index (χ2v) is 9.24. The molecule has 0 fully saturated rings. The van der Waals surface area contributed by atoms with Crippen LogP contribution < -0.4 is 9.62 Å². The summed E-state index contributed by atoms with van der Waals surface area (Å²) >= 11 is 0. The van der Waals surface area contributed by atoms with Crippen molar-refractivity contribution in [2.24, 2.45) is 0 Å². The van der Waals surface area contributed by atoms with Gasteiger partial charge in [0, 0.05) is 25.0 Å². The summed E-state index contributed by atoms with van der Waals surface area (Å²) < 4.78 is 34.1. The molecule has 6 nitrogen and oxygen atoms in total. The second kappa shape index (κ2) is 8.16. The van der Waals surface area contributed by atoms with Crippen molar-refractivity contribution < 1.29 is 17.9 Å². The average molecular weight is 417 g/mol. The van der Waals surface area contributed by atoms with E-state index in [0.717, 1.165) is 46.3 Å². The third-order valence-electron chi connectivity index (χ3n) is 5.59. The van der Waals surface area contributed by atoms with Gasteiger partial charge in [-0.05, 0) is 86.6 Å². The summed E-state index contributed by atoms with van der Waals surface area (Å²) in [4.78, 5) is 14.3. The molecule has 0 atom stereocenters. The van der Waals surface area contributed by atoms with E-state index in [0.29, 0.717) is 17.1 Å². The predicted molar refractivity (Wildman–Crippen MR) is 115 cm³/mol. The van der Waals surface area contributed by atoms with Crippen molar-refractivity contribution in [2.45, 2.75) is 45.4 Å². The fourth-order valence-electron chi connectivity index (χ4n) is 3.91. The number of sulfonamides is 1. The smallest absolute Gasteiger partial charge is 0.262 e. The molecule has 2 aromatic rings. The molecule has 0 aromatic heterocycles. The van der Waals surface area contributed by atoms with Gasteiger partial charge in [0.2, 0.25) is 0 Å². The van der Waals surface area contributed by atoms with Gasteiger partial charge in [-0.3, -0.25) is 9.52 Å². The van der Waals surface area contributed by atoms with Crippen LogP contribution in [0.1, 0.15) is 34.2 Å². The molecule has 0 unspecified atom stereocenters. The number of anilines is 2. The Balaban J connectivity index is 1.95. The van der Waals surface area contributed by atoms with Gasteiger partial charge >= 0.3 is 0 Å². The van der Waals surface area contributed by atoms with Crippen molar-refractivity contribution in [3.8, 4) is 0 Å². The minimum atomic E-state index is -3.74. The number of amides is 1. The van der Waals surface area contributed by atoms with Crippen LogP contribution in [0, 0.1) is 27.7 Å². The van der Waals surface area contributed by atoms with Crippen molar-refractivity contribution in [1.82, 2.24) is 0 Å². The minimum Gasteiger partial charge on any atom is -0.375 e. The Morgan fingerprint density at radius 3 is 2.38 bits per heavy atom. The van der Waals surface area contributed by atoms with Crippen LogP contribution in [0.4, 0.5) is 11.4 Å². The van der Waals surface area contributed by atoms with Crippen LogP contribution in [0.5, 0.6) is 0 Å². The molecule has 0 saturated carbocycles. The van der Waals surface area contributed by atoms with E-state index >= 15 is 0 Å². The number of aryl methyl sites for hydroxylation is 3.